The third-order valence-corrected chi connectivity index (χ3v) is 4.62. The van der Waals surface area contributed by atoms with E-state index >= 15 is 0 Å². The smallest absolute Gasteiger partial charge is 0.341 e. The van der Waals surface area contributed by atoms with E-state index in [9.17, 15) is 14.7 Å². The molecule has 4 rings (SSSR count). The number of nitrogens with one attached hydrogen (secondary N) is 1. The molecule has 1 heterocycles. The van der Waals surface area contributed by atoms with E-state index in [0.29, 0.717) is 11.4 Å². The minimum Gasteiger partial charge on any atom is -0.545 e. The van der Waals surface area contributed by atoms with E-state index in [2.05, 4.69) is 10.3 Å². The Bertz CT molecular complexity index is 1250. The molecule has 0 aliphatic carbocycles. The Kier molecular flexibility index (Phi) is 4.83. The van der Waals surface area contributed by atoms with Gasteiger partial charge in [0.2, 0.25) is 0 Å². The number of carboxylic acids is 1. The van der Waals surface area contributed by atoms with Gasteiger partial charge in [0.1, 0.15) is 5.56 Å². The van der Waals surface area contributed by atoms with Gasteiger partial charge in [-0.1, -0.05) is 48.5 Å². The lowest BCUT2D eigenvalue weighted by Gasteiger charge is -2.16. The highest BCUT2D eigenvalue weighted by Gasteiger charge is 2.18. The molecule has 0 atom stereocenters. The van der Waals surface area contributed by atoms with Gasteiger partial charge in [-0.3, -0.25) is 4.98 Å². The van der Waals surface area contributed by atoms with E-state index in [0.717, 1.165) is 21.7 Å². The van der Waals surface area contributed by atoms with Crippen LogP contribution in [-0.2, 0) is 4.74 Å². The van der Waals surface area contributed by atoms with Gasteiger partial charge in [-0.05, 0) is 30.0 Å². The second-order valence-electron chi connectivity index (χ2n) is 6.44. The minimum atomic E-state index is -1.27. The third-order valence-electron chi connectivity index (χ3n) is 4.62. The average Bonchev–Trinajstić information content (AvgIpc) is 2.74. The number of carboxylic acid groups (broad SMARTS) is 1. The number of hydrogen-bond donors (Lipinski definition) is 1. The summed E-state index contributed by atoms with van der Waals surface area (Å²) in [6.45, 7) is 1.96. The Morgan fingerprint density at radius 2 is 1.86 bits per heavy atom. The quantitative estimate of drug-likeness (QED) is 0.416. The van der Waals surface area contributed by atoms with Crippen molar-refractivity contribution in [3.63, 3.8) is 0 Å². The van der Waals surface area contributed by atoms with Crippen LogP contribution in [0.2, 0.25) is 0 Å². The molecule has 4 aromatic rings. The fraction of sp³-hybridized carbons (Fsp3) is 0.0870. The predicted octanol–water partition coefficient (Wildman–Crippen LogP) is 3.67. The second kappa shape index (κ2) is 7.59. The van der Waals surface area contributed by atoms with Gasteiger partial charge in [0, 0.05) is 22.7 Å². The number of fused-ring (bicyclic) bond motifs is 3. The molecule has 0 amide bonds. The van der Waals surface area contributed by atoms with E-state index in [1.165, 1.54) is 18.3 Å². The average molecular weight is 385 g/mol. The van der Waals surface area contributed by atoms with Crippen LogP contribution < -0.4 is 10.4 Å². The topological polar surface area (TPSA) is 91.3 Å². The lowest BCUT2D eigenvalue weighted by Crippen LogP contribution is -2.22. The number of esters is 1. The summed E-state index contributed by atoms with van der Waals surface area (Å²) in [6.07, 6.45) is 1.48. The van der Waals surface area contributed by atoms with E-state index in [4.69, 9.17) is 4.74 Å². The van der Waals surface area contributed by atoms with Crippen molar-refractivity contribution in [3.05, 3.63) is 78.0 Å². The van der Waals surface area contributed by atoms with Crippen LogP contribution in [0.5, 0.6) is 0 Å². The van der Waals surface area contributed by atoms with Crippen molar-refractivity contribution in [3.8, 4) is 0 Å². The van der Waals surface area contributed by atoms with Gasteiger partial charge in [-0.15, -0.1) is 0 Å². The van der Waals surface area contributed by atoms with Crippen LogP contribution in [0.3, 0.4) is 0 Å². The summed E-state index contributed by atoms with van der Waals surface area (Å²) in [5.74, 6) is -1.78. The number of aromatic carboxylic acids is 1. The molecule has 3 aromatic carbocycles. The summed E-state index contributed by atoms with van der Waals surface area (Å²) in [7, 11) is 0. The minimum absolute atomic E-state index is 0.0384. The Labute approximate surface area is 166 Å². The monoisotopic (exact) mass is 385 g/mol. The standard InChI is InChI=1S/C23H18N2O4/c1-2-29-23(28)19-13-24-20-17-9-4-3-6-14(17)10-11-18(20)21(19)25-16-8-5-7-15(12-16)22(26)27/h3-13H,2H2,1H3,(H,24,25)(H,26,27)/p-1. The molecule has 0 aliphatic rings. The van der Waals surface area contributed by atoms with Crippen molar-refractivity contribution in [2.75, 3.05) is 11.9 Å². The Hall–Kier alpha value is -3.93. The highest BCUT2D eigenvalue weighted by Crippen LogP contribution is 2.33. The van der Waals surface area contributed by atoms with Crippen LogP contribution in [-0.4, -0.2) is 23.5 Å². The number of anilines is 2. The summed E-state index contributed by atoms with van der Waals surface area (Å²) in [4.78, 5) is 28.2. The number of benzene rings is 3. The highest BCUT2D eigenvalue weighted by molar-refractivity contribution is 6.13. The van der Waals surface area contributed by atoms with Gasteiger partial charge in [0.15, 0.2) is 0 Å². The molecule has 6 heteroatoms. The maximum absolute atomic E-state index is 12.5. The van der Waals surface area contributed by atoms with Crippen LogP contribution in [0, 0.1) is 0 Å². The Morgan fingerprint density at radius 1 is 1.03 bits per heavy atom. The van der Waals surface area contributed by atoms with Crippen molar-refractivity contribution >= 4 is 45.0 Å². The molecule has 1 aromatic heterocycles. The van der Waals surface area contributed by atoms with Crippen LogP contribution in [0.1, 0.15) is 27.6 Å². The summed E-state index contributed by atoms with van der Waals surface area (Å²) in [6, 6.07) is 17.9. The van der Waals surface area contributed by atoms with Gasteiger partial charge in [0.25, 0.3) is 0 Å². The summed E-state index contributed by atoms with van der Waals surface area (Å²) in [5.41, 5.74) is 2.06. The first-order valence-corrected chi connectivity index (χ1v) is 9.14. The summed E-state index contributed by atoms with van der Waals surface area (Å²) < 4.78 is 5.18. The van der Waals surface area contributed by atoms with E-state index in [1.54, 1.807) is 19.1 Å². The molecular formula is C23H17N2O4-. The first-order valence-electron chi connectivity index (χ1n) is 9.14. The zero-order valence-corrected chi connectivity index (χ0v) is 15.6. The van der Waals surface area contributed by atoms with Gasteiger partial charge in [0.05, 0.1) is 23.8 Å². The maximum atomic E-state index is 12.5. The number of hydrogen-bond acceptors (Lipinski definition) is 6. The summed E-state index contributed by atoms with van der Waals surface area (Å²) in [5, 5.41) is 17.1. The van der Waals surface area contributed by atoms with Crippen LogP contribution in [0.15, 0.2) is 66.9 Å². The molecule has 0 saturated carbocycles. The third kappa shape index (κ3) is 3.48. The molecule has 144 valence electrons. The SMILES string of the molecule is CCOC(=O)c1cnc2c(ccc3ccccc32)c1Nc1cccc(C(=O)[O-])c1. The number of pyridine rings is 1. The first-order chi connectivity index (χ1) is 14.1. The van der Waals surface area contributed by atoms with Gasteiger partial charge in [-0.25, -0.2) is 4.79 Å². The fourth-order valence-corrected chi connectivity index (χ4v) is 3.30. The molecule has 1 N–H and O–H groups in total. The van der Waals surface area contributed by atoms with Crippen molar-refractivity contribution in [1.29, 1.82) is 0 Å². The number of aromatic nitrogens is 1. The van der Waals surface area contributed by atoms with Crippen molar-refractivity contribution in [2.45, 2.75) is 6.92 Å². The molecule has 0 bridgehead atoms. The lowest BCUT2D eigenvalue weighted by molar-refractivity contribution is -0.255. The Balaban J connectivity index is 1.93. The fourth-order valence-electron chi connectivity index (χ4n) is 3.30. The van der Waals surface area contributed by atoms with Crippen LogP contribution in [0.25, 0.3) is 21.7 Å². The molecule has 0 fully saturated rings. The number of carbonyl (C=O) groups is 2. The van der Waals surface area contributed by atoms with E-state index < -0.39 is 11.9 Å². The number of rotatable bonds is 5. The number of nitrogens with zero attached hydrogens (tertiary/aromatic N) is 1. The molecule has 0 radical (unpaired) electrons. The molecule has 0 aliphatic heterocycles. The van der Waals surface area contributed by atoms with E-state index in [-0.39, 0.29) is 17.7 Å². The highest BCUT2D eigenvalue weighted by atomic mass is 16.5. The zero-order valence-electron chi connectivity index (χ0n) is 15.6. The molecule has 6 nitrogen and oxygen atoms in total. The van der Waals surface area contributed by atoms with Crippen LogP contribution >= 0.6 is 0 Å². The zero-order chi connectivity index (χ0) is 20.4. The van der Waals surface area contributed by atoms with Crippen molar-refractivity contribution in [2.24, 2.45) is 0 Å². The second-order valence-corrected chi connectivity index (χ2v) is 6.44. The molecule has 0 unspecified atom stereocenters. The maximum Gasteiger partial charge on any atom is 0.341 e. The number of ether oxygens (including phenoxy) is 1. The van der Waals surface area contributed by atoms with Gasteiger partial charge in [-0.2, -0.15) is 0 Å². The molecular weight excluding hydrogens is 368 g/mol. The predicted molar refractivity (Wildman–Crippen MR) is 109 cm³/mol. The summed E-state index contributed by atoms with van der Waals surface area (Å²) >= 11 is 0. The lowest BCUT2D eigenvalue weighted by atomic mass is 10.0. The largest absolute Gasteiger partial charge is 0.545 e. The van der Waals surface area contributed by atoms with E-state index in [1.807, 2.05) is 36.4 Å². The van der Waals surface area contributed by atoms with Gasteiger partial charge < -0.3 is 20.0 Å². The molecule has 29 heavy (non-hydrogen) atoms. The normalized spacial score (nSPS) is 10.8. The first kappa shape index (κ1) is 18.4. The number of carbonyl (C=O) groups excluding carboxylic acids is 2. The van der Waals surface area contributed by atoms with Crippen molar-refractivity contribution < 1.29 is 19.4 Å². The van der Waals surface area contributed by atoms with Gasteiger partial charge >= 0.3 is 5.97 Å². The van der Waals surface area contributed by atoms with Crippen molar-refractivity contribution in [1.82, 2.24) is 4.98 Å². The van der Waals surface area contributed by atoms with Crippen LogP contribution in [0.4, 0.5) is 11.4 Å². The molecule has 0 saturated heterocycles. The molecule has 0 spiro atoms. The Morgan fingerprint density at radius 3 is 2.66 bits per heavy atom.